The first-order chi connectivity index (χ1) is 9.13. The second kappa shape index (κ2) is 7.05. The molecule has 1 saturated heterocycles. The van der Waals surface area contributed by atoms with Crippen molar-refractivity contribution in [2.24, 2.45) is 0 Å². The minimum Gasteiger partial charge on any atom is -0.375 e. The summed E-state index contributed by atoms with van der Waals surface area (Å²) >= 11 is 0. The second-order valence-corrected chi connectivity index (χ2v) is 6.51. The van der Waals surface area contributed by atoms with E-state index in [1.165, 1.54) is 32.1 Å². The molecule has 0 aromatic carbocycles. The Balaban J connectivity index is 1.77. The fourth-order valence-corrected chi connectivity index (χ4v) is 3.41. The summed E-state index contributed by atoms with van der Waals surface area (Å²) in [4.78, 5) is 0. The van der Waals surface area contributed by atoms with E-state index in [4.69, 9.17) is 9.47 Å². The average molecular weight is 269 g/mol. The molecule has 2 unspecified atom stereocenters. The van der Waals surface area contributed by atoms with Gasteiger partial charge in [-0.05, 0) is 71.9 Å². The van der Waals surface area contributed by atoms with Crippen molar-refractivity contribution in [3.8, 4) is 0 Å². The molecule has 19 heavy (non-hydrogen) atoms. The molecule has 2 atom stereocenters. The van der Waals surface area contributed by atoms with Gasteiger partial charge in [-0.2, -0.15) is 0 Å². The Hall–Kier alpha value is -0.120. The van der Waals surface area contributed by atoms with Crippen LogP contribution in [0.2, 0.25) is 0 Å². The van der Waals surface area contributed by atoms with Gasteiger partial charge in [-0.3, -0.25) is 0 Å². The summed E-state index contributed by atoms with van der Waals surface area (Å²) in [6, 6.07) is 0. The molecule has 0 radical (unpaired) electrons. The maximum absolute atomic E-state index is 6.52. The Kier molecular flexibility index (Phi) is 5.67. The van der Waals surface area contributed by atoms with Gasteiger partial charge in [0.05, 0.1) is 23.9 Å². The lowest BCUT2D eigenvalue weighted by Crippen LogP contribution is -2.47. The smallest absolute Gasteiger partial charge is 0.0698 e. The van der Waals surface area contributed by atoms with Crippen LogP contribution in [0.5, 0.6) is 0 Å². The Morgan fingerprint density at radius 2 is 1.84 bits per heavy atom. The molecule has 1 N–H and O–H groups in total. The van der Waals surface area contributed by atoms with Gasteiger partial charge in [0.1, 0.15) is 0 Å². The van der Waals surface area contributed by atoms with Crippen LogP contribution < -0.4 is 5.32 Å². The Bertz CT molecular complexity index is 255. The SMILES string of the molecule is CCCNCCC1(OC2CC(C)OC(C)C2)CCC1. The summed E-state index contributed by atoms with van der Waals surface area (Å²) < 4.78 is 12.3. The van der Waals surface area contributed by atoms with Crippen LogP contribution in [0.15, 0.2) is 0 Å². The first-order valence-corrected chi connectivity index (χ1v) is 8.17. The maximum atomic E-state index is 6.52. The third-order valence-corrected chi connectivity index (χ3v) is 4.52. The number of hydrogen-bond donors (Lipinski definition) is 1. The Labute approximate surface area is 118 Å². The summed E-state index contributed by atoms with van der Waals surface area (Å²) in [7, 11) is 0. The number of ether oxygens (including phenoxy) is 2. The summed E-state index contributed by atoms with van der Waals surface area (Å²) in [5.41, 5.74) is 0.183. The fraction of sp³-hybridized carbons (Fsp3) is 1.00. The number of rotatable bonds is 7. The third-order valence-electron chi connectivity index (χ3n) is 4.52. The fourth-order valence-electron chi connectivity index (χ4n) is 3.41. The van der Waals surface area contributed by atoms with Crippen LogP contribution in [0.4, 0.5) is 0 Å². The van der Waals surface area contributed by atoms with Gasteiger partial charge in [0.15, 0.2) is 0 Å². The quantitative estimate of drug-likeness (QED) is 0.720. The molecule has 0 amide bonds. The van der Waals surface area contributed by atoms with E-state index in [1.807, 2.05) is 0 Å². The van der Waals surface area contributed by atoms with Gasteiger partial charge < -0.3 is 14.8 Å². The van der Waals surface area contributed by atoms with Crippen molar-refractivity contribution in [1.29, 1.82) is 0 Å². The highest BCUT2D eigenvalue weighted by Crippen LogP contribution is 2.41. The van der Waals surface area contributed by atoms with Crippen molar-refractivity contribution in [3.05, 3.63) is 0 Å². The maximum Gasteiger partial charge on any atom is 0.0698 e. The van der Waals surface area contributed by atoms with Gasteiger partial charge in [0.25, 0.3) is 0 Å². The van der Waals surface area contributed by atoms with Crippen molar-refractivity contribution in [1.82, 2.24) is 5.32 Å². The molecule has 112 valence electrons. The zero-order valence-corrected chi connectivity index (χ0v) is 12.9. The van der Waals surface area contributed by atoms with Gasteiger partial charge in [-0.1, -0.05) is 6.92 Å². The third kappa shape index (κ3) is 4.44. The summed E-state index contributed by atoms with van der Waals surface area (Å²) in [6.45, 7) is 8.78. The van der Waals surface area contributed by atoms with Crippen LogP contribution in [-0.4, -0.2) is 37.0 Å². The molecule has 2 fully saturated rings. The summed E-state index contributed by atoms with van der Waals surface area (Å²) in [5.74, 6) is 0. The molecule has 1 heterocycles. The van der Waals surface area contributed by atoms with Crippen molar-refractivity contribution >= 4 is 0 Å². The van der Waals surface area contributed by atoms with Crippen LogP contribution >= 0.6 is 0 Å². The van der Waals surface area contributed by atoms with Crippen LogP contribution in [0.25, 0.3) is 0 Å². The molecule has 0 aromatic heterocycles. The van der Waals surface area contributed by atoms with E-state index in [0.29, 0.717) is 18.3 Å². The van der Waals surface area contributed by atoms with E-state index < -0.39 is 0 Å². The van der Waals surface area contributed by atoms with Crippen LogP contribution in [0.1, 0.15) is 65.7 Å². The minimum absolute atomic E-state index is 0.183. The average Bonchev–Trinajstić information content (AvgIpc) is 2.30. The van der Waals surface area contributed by atoms with Gasteiger partial charge in [-0.25, -0.2) is 0 Å². The van der Waals surface area contributed by atoms with E-state index >= 15 is 0 Å². The van der Waals surface area contributed by atoms with Crippen molar-refractivity contribution in [2.75, 3.05) is 13.1 Å². The largest absolute Gasteiger partial charge is 0.375 e. The van der Waals surface area contributed by atoms with E-state index in [-0.39, 0.29) is 5.60 Å². The predicted molar refractivity (Wildman–Crippen MR) is 78.5 cm³/mol. The molecule has 2 rings (SSSR count). The molecule has 0 spiro atoms. The van der Waals surface area contributed by atoms with Crippen LogP contribution in [0.3, 0.4) is 0 Å². The van der Waals surface area contributed by atoms with Crippen LogP contribution in [-0.2, 0) is 9.47 Å². The Morgan fingerprint density at radius 1 is 1.16 bits per heavy atom. The summed E-state index contributed by atoms with van der Waals surface area (Å²) in [6.07, 6.45) is 9.46. The molecule has 1 aliphatic heterocycles. The highest BCUT2D eigenvalue weighted by molar-refractivity contribution is 4.92. The van der Waals surface area contributed by atoms with Crippen molar-refractivity contribution in [3.63, 3.8) is 0 Å². The lowest BCUT2D eigenvalue weighted by molar-refractivity contribution is -0.185. The second-order valence-electron chi connectivity index (χ2n) is 6.51. The molecule has 3 heteroatoms. The predicted octanol–water partition coefficient (Wildman–Crippen LogP) is 3.27. The molecular formula is C16H31NO2. The Morgan fingerprint density at radius 3 is 2.37 bits per heavy atom. The first-order valence-electron chi connectivity index (χ1n) is 8.17. The number of hydrogen-bond acceptors (Lipinski definition) is 3. The van der Waals surface area contributed by atoms with E-state index in [0.717, 1.165) is 25.9 Å². The van der Waals surface area contributed by atoms with E-state index in [2.05, 4.69) is 26.1 Å². The standard InChI is InChI=1S/C16H31NO2/c1-4-9-17-10-8-16(6-5-7-16)19-15-11-13(2)18-14(3)12-15/h13-15,17H,4-12H2,1-3H3. The van der Waals surface area contributed by atoms with Gasteiger partial charge in [0, 0.05) is 0 Å². The minimum atomic E-state index is 0.183. The van der Waals surface area contributed by atoms with Gasteiger partial charge in [0.2, 0.25) is 0 Å². The molecule has 2 aliphatic rings. The zero-order valence-electron chi connectivity index (χ0n) is 12.9. The van der Waals surface area contributed by atoms with Gasteiger partial charge in [-0.15, -0.1) is 0 Å². The summed E-state index contributed by atoms with van der Waals surface area (Å²) in [5, 5.41) is 3.51. The van der Waals surface area contributed by atoms with E-state index in [1.54, 1.807) is 0 Å². The molecule has 1 saturated carbocycles. The molecule has 0 bridgehead atoms. The number of nitrogens with one attached hydrogen (secondary N) is 1. The molecular weight excluding hydrogens is 238 g/mol. The highest BCUT2D eigenvalue weighted by Gasteiger charge is 2.41. The van der Waals surface area contributed by atoms with E-state index in [9.17, 15) is 0 Å². The molecule has 1 aliphatic carbocycles. The highest BCUT2D eigenvalue weighted by atomic mass is 16.5. The zero-order chi connectivity index (χ0) is 13.7. The van der Waals surface area contributed by atoms with Crippen LogP contribution in [0, 0.1) is 0 Å². The topological polar surface area (TPSA) is 30.5 Å². The molecule has 3 nitrogen and oxygen atoms in total. The lowest BCUT2D eigenvalue weighted by atomic mass is 9.77. The first kappa shape index (κ1) is 15.3. The lowest BCUT2D eigenvalue weighted by Gasteiger charge is -2.46. The normalized spacial score (nSPS) is 33.9. The monoisotopic (exact) mass is 269 g/mol. The van der Waals surface area contributed by atoms with Gasteiger partial charge >= 0.3 is 0 Å². The van der Waals surface area contributed by atoms with Crippen molar-refractivity contribution < 1.29 is 9.47 Å². The van der Waals surface area contributed by atoms with Crippen molar-refractivity contribution in [2.45, 2.75) is 89.6 Å². The molecule has 0 aromatic rings.